The average Bonchev–Trinajstić information content (AvgIpc) is 2.85. The standard InChI is InChI=1S/C16H17FN2/c17-15-8-4-3-7-14(15)16(19-18)13-9-11-5-1-2-6-12(11)10-13/h1-8,13,16,19H,9-10,18H2. The molecular formula is C16H17FN2. The highest BCUT2D eigenvalue weighted by Crippen LogP contribution is 2.35. The summed E-state index contributed by atoms with van der Waals surface area (Å²) in [7, 11) is 0. The molecule has 2 aromatic carbocycles. The number of nitrogens with one attached hydrogen (secondary N) is 1. The fourth-order valence-corrected chi connectivity index (χ4v) is 3.04. The highest BCUT2D eigenvalue weighted by Gasteiger charge is 2.30. The molecule has 0 aromatic heterocycles. The Balaban J connectivity index is 1.88. The Labute approximate surface area is 112 Å². The van der Waals surface area contributed by atoms with E-state index in [2.05, 4.69) is 29.7 Å². The smallest absolute Gasteiger partial charge is 0.128 e. The number of halogens is 1. The van der Waals surface area contributed by atoms with Gasteiger partial charge in [0.25, 0.3) is 0 Å². The fourth-order valence-electron chi connectivity index (χ4n) is 3.04. The summed E-state index contributed by atoms with van der Waals surface area (Å²) < 4.78 is 13.9. The lowest BCUT2D eigenvalue weighted by atomic mass is 9.91. The van der Waals surface area contributed by atoms with Crippen molar-refractivity contribution < 1.29 is 4.39 Å². The van der Waals surface area contributed by atoms with Crippen molar-refractivity contribution in [3.63, 3.8) is 0 Å². The second-order valence-corrected chi connectivity index (χ2v) is 5.10. The van der Waals surface area contributed by atoms with Gasteiger partial charge in [0, 0.05) is 5.56 Å². The van der Waals surface area contributed by atoms with Crippen LogP contribution >= 0.6 is 0 Å². The van der Waals surface area contributed by atoms with E-state index >= 15 is 0 Å². The molecule has 0 heterocycles. The van der Waals surface area contributed by atoms with Crippen LogP contribution in [0.15, 0.2) is 48.5 Å². The van der Waals surface area contributed by atoms with E-state index in [9.17, 15) is 4.39 Å². The van der Waals surface area contributed by atoms with Crippen molar-refractivity contribution in [2.45, 2.75) is 18.9 Å². The maximum atomic E-state index is 13.9. The maximum Gasteiger partial charge on any atom is 0.128 e. The minimum Gasteiger partial charge on any atom is -0.271 e. The van der Waals surface area contributed by atoms with E-state index in [1.54, 1.807) is 6.07 Å². The highest BCUT2D eigenvalue weighted by molar-refractivity contribution is 5.34. The Bertz CT molecular complexity index is 557. The van der Waals surface area contributed by atoms with E-state index in [1.165, 1.54) is 17.2 Å². The van der Waals surface area contributed by atoms with Crippen molar-refractivity contribution >= 4 is 0 Å². The molecule has 0 aliphatic heterocycles. The molecule has 2 aromatic rings. The first-order chi connectivity index (χ1) is 9.29. The van der Waals surface area contributed by atoms with Crippen LogP contribution in [0, 0.1) is 11.7 Å². The molecular weight excluding hydrogens is 239 g/mol. The zero-order valence-corrected chi connectivity index (χ0v) is 10.6. The third-order valence-electron chi connectivity index (χ3n) is 3.97. The number of hydrogen-bond donors (Lipinski definition) is 2. The van der Waals surface area contributed by atoms with E-state index in [1.807, 2.05) is 12.1 Å². The van der Waals surface area contributed by atoms with Crippen LogP contribution in [0.25, 0.3) is 0 Å². The van der Waals surface area contributed by atoms with Gasteiger partial charge in [-0.2, -0.15) is 0 Å². The summed E-state index contributed by atoms with van der Waals surface area (Å²) in [4.78, 5) is 0. The minimum atomic E-state index is -0.193. The van der Waals surface area contributed by atoms with Gasteiger partial charge in [0.15, 0.2) is 0 Å². The molecule has 3 rings (SSSR count). The summed E-state index contributed by atoms with van der Waals surface area (Å²) in [6.45, 7) is 0. The third-order valence-corrected chi connectivity index (χ3v) is 3.97. The van der Waals surface area contributed by atoms with Crippen LogP contribution in [0.2, 0.25) is 0 Å². The van der Waals surface area contributed by atoms with E-state index in [-0.39, 0.29) is 11.9 Å². The first kappa shape index (κ1) is 12.3. The summed E-state index contributed by atoms with van der Waals surface area (Å²) in [6, 6.07) is 15.1. The lowest BCUT2D eigenvalue weighted by molar-refractivity contribution is 0.368. The second-order valence-electron chi connectivity index (χ2n) is 5.10. The SMILES string of the molecule is NNC(c1ccccc1F)C1Cc2ccccc2C1. The molecule has 1 aliphatic rings. The molecule has 3 heteroatoms. The number of rotatable bonds is 3. The molecule has 2 nitrogen and oxygen atoms in total. The van der Waals surface area contributed by atoms with Crippen LogP contribution in [0.5, 0.6) is 0 Å². The van der Waals surface area contributed by atoms with Gasteiger partial charge in [0.1, 0.15) is 5.82 Å². The van der Waals surface area contributed by atoms with E-state index in [0.717, 1.165) is 12.8 Å². The Morgan fingerprint density at radius 2 is 1.58 bits per heavy atom. The normalized spacial score (nSPS) is 16.3. The van der Waals surface area contributed by atoms with Crippen LogP contribution in [-0.4, -0.2) is 0 Å². The monoisotopic (exact) mass is 256 g/mol. The lowest BCUT2D eigenvalue weighted by Crippen LogP contribution is -2.34. The highest BCUT2D eigenvalue weighted by atomic mass is 19.1. The number of nitrogens with two attached hydrogens (primary N) is 1. The zero-order chi connectivity index (χ0) is 13.2. The average molecular weight is 256 g/mol. The molecule has 0 saturated carbocycles. The summed E-state index contributed by atoms with van der Waals surface area (Å²) >= 11 is 0. The van der Waals surface area contributed by atoms with Crippen LogP contribution in [-0.2, 0) is 12.8 Å². The predicted molar refractivity (Wildman–Crippen MR) is 73.8 cm³/mol. The second kappa shape index (κ2) is 5.11. The summed E-state index contributed by atoms with van der Waals surface area (Å²) in [5, 5.41) is 0. The number of fused-ring (bicyclic) bond motifs is 1. The third kappa shape index (κ3) is 2.27. The Morgan fingerprint density at radius 1 is 1.00 bits per heavy atom. The van der Waals surface area contributed by atoms with Crippen LogP contribution in [0.1, 0.15) is 22.7 Å². The fraction of sp³-hybridized carbons (Fsp3) is 0.250. The topological polar surface area (TPSA) is 38.0 Å². The Kier molecular flexibility index (Phi) is 3.32. The van der Waals surface area contributed by atoms with Crippen LogP contribution < -0.4 is 11.3 Å². The first-order valence-corrected chi connectivity index (χ1v) is 6.57. The first-order valence-electron chi connectivity index (χ1n) is 6.57. The predicted octanol–water partition coefficient (Wildman–Crippen LogP) is 2.75. The summed E-state index contributed by atoms with van der Waals surface area (Å²) in [5.41, 5.74) is 6.15. The Morgan fingerprint density at radius 3 is 2.16 bits per heavy atom. The van der Waals surface area contributed by atoms with Crippen molar-refractivity contribution in [1.29, 1.82) is 0 Å². The largest absolute Gasteiger partial charge is 0.271 e. The number of hydrazine groups is 1. The van der Waals surface area contributed by atoms with Crippen molar-refractivity contribution in [2.75, 3.05) is 0 Å². The van der Waals surface area contributed by atoms with Crippen molar-refractivity contribution in [3.8, 4) is 0 Å². The van der Waals surface area contributed by atoms with Gasteiger partial charge in [-0.25, -0.2) is 4.39 Å². The number of hydrogen-bond acceptors (Lipinski definition) is 2. The molecule has 98 valence electrons. The molecule has 0 radical (unpaired) electrons. The van der Waals surface area contributed by atoms with E-state index < -0.39 is 0 Å². The van der Waals surface area contributed by atoms with Gasteiger partial charge in [-0.3, -0.25) is 11.3 Å². The van der Waals surface area contributed by atoms with Crippen LogP contribution in [0.4, 0.5) is 4.39 Å². The van der Waals surface area contributed by atoms with Gasteiger partial charge in [-0.05, 0) is 36.0 Å². The maximum absolute atomic E-state index is 13.9. The van der Waals surface area contributed by atoms with E-state index in [0.29, 0.717) is 11.5 Å². The minimum absolute atomic E-state index is 0.145. The van der Waals surface area contributed by atoms with Crippen LogP contribution in [0.3, 0.4) is 0 Å². The quantitative estimate of drug-likeness (QED) is 0.654. The number of benzene rings is 2. The van der Waals surface area contributed by atoms with Gasteiger partial charge in [0.2, 0.25) is 0 Å². The molecule has 19 heavy (non-hydrogen) atoms. The molecule has 0 saturated heterocycles. The van der Waals surface area contributed by atoms with Crippen molar-refractivity contribution in [1.82, 2.24) is 5.43 Å². The van der Waals surface area contributed by atoms with Gasteiger partial charge in [-0.1, -0.05) is 42.5 Å². The molecule has 0 bridgehead atoms. The molecule has 0 amide bonds. The Hall–Kier alpha value is -1.71. The van der Waals surface area contributed by atoms with Gasteiger partial charge in [0.05, 0.1) is 6.04 Å². The zero-order valence-electron chi connectivity index (χ0n) is 10.6. The molecule has 1 unspecified atom stereocenters. The van der Waals surface area contributed by atoms with E-state index in [4.69, 9.17) is 5.84 Å². The molecule has 1 atom stereocenters. The summed E-state index contributed by atoms with van der Waals surface area (Å²) in [5.74, 6) is 5.78. The summed E-state index contributed by atoms with van der Waals surface area (Å²) in [6.07, 6.45) is 1.89. The van der Waals surface area contributed by atoms with Gasteiger partial charge < -0.3 is 0 Å². The van der Waals surface area contributed by atoms with Crippen molar-refractivity contribution in [3.05, 3.63) is 71.0 Å². The molecule has 0 fully saturated rings. The lowest BCUT2D eigenvalue weighted by Gasteiger charge is -2.23. The molecule has 1 aliphatic carbocycles. The molecule has 0 spiro atoms. The molecule has 3 N–H and O–H groups in total. The van der Waals surface area contributed by atoms with Gasteiger partial charge in [-0.15, -0.1) is 0 Å². The van der Waals surface area contributed by atoms with Gasteiger partial charge >= 0.3 is 0 Å². The van der Waals surface area contributed by atoms with Crippen molar-refractivity contribution in [2.24, 2.45) is 11.8 Å².